The summed E-state index contributed by atoms with van der Waals surface area (Å²) in [6.45, 7) is 2.44. The van der Waals surface area contributed by atoms with Crippen LogP contribution in [0.1, 0.15) is 26.2 Å². The molecule has 0 atom stereocenters. The van der Waals surface area contributed by atoms with E-state index in [9.17, 15) is 4.79 Å². The molecule has 4 nitrogen and oxygen atoms in total. The SMILES string of the molecule is CCCCCOC(=O)NO. The van der Waals surface area contributed by atoms with Crippen molar-refractivity contribution in [3.63, 3.8) is 0 Å². The van der Waals surface area contributed by atoms with Crippen LogP contribution < -0.4 is 5.48 Å². The Morgan fingerprint density at radius 3 is 2.80 bits per heavy atom. The molecule has 0 aromatic heterocycles. The number of unbranched alkanes of at least 4 members (excludes halogenated alkanes) is 2. The minimum Gasteiger partial charge on any atom is -0.448 e. The van der Waals surface area contributed by atoms with Crippen molar-refractivity contribution in [1.82, 2.24) is 5.48 Å². The molecule has 0 aliphatic carbocycles. The molecule has 0 aliphatic heterocycles. The maximum atomic E-state index is 10.2. The molecule has 0 aliphatic rings. The predicted octanol–water partition coefficient (Wildman–Crippen LogP) is 1.29. The van der Waals surface area contributed by atoms with Gasteiger partial charge in [-0.15, -0.1) is 0 Å². The standard InChI is InChI=1S/C6H13NO3/c1-2-3-4-5-10-6(8)7-9/h9H,2-5H2,1H3,(H,7,8). The van der Waals surface area contributed by atoms with Gasteiger partial charge in [0.2, 0.25) is 0 Å². The van der Waals surface area contributed by atoms with E-state index < -0.39 is 6.09 Å². The monoisotopic (exact) mass is 147 g/mol. The topological polar surface area (TPSA) is 58.6 Å². The van der Waals surface area contributed by atoms with Gasteiger partial charge in [0.1, 0.15) is 0 Å². The first kappa shape index (κ1) is 9.23. The average Bonchev–Trinajstić information content (AvgIpc) is 1.98. The molecule has 0 radical (unpaired) electrons. The Balaban J connectivity index is 2.96. The molecule has 0 rings (SSSR count). The van der Waals surface area contributed by atoms with Gasteiger partial charge in [0, 0.05) is 0 Å². The fraction of sp³-hybridized carbons (Fsp3) is 0.833. The molecule has 60 valence electrons. The van der Waals surface area contributed by atoms with Gasteiger partial charge in [-0.3, -0.25) is 5.21 Å². The van der Waals surface area contributed by atoms with E-state index in [1.807, 2.05) is 0 Å². The van der Waals surface area contributed by atoms with Crippen molar-refractivity contribution in [1.29, 1.82) is 0 Å². The average molecular weight is 147 g/mol. The molecule has 0 saturated heterocycles. The maximum Gasteiger partial charge on any atom is 0.431 e. The summed E-state index contributed by atoms with van der Waals surface area (Å²) in [5, 5.41) is 7.97. The number of hydrogen-bond donors (Lipinski definition) is 2. The Morgan fingerprint density at radius 1 is 1.60 bits per heavy atom. The normalized spacial score (nSPS) is 9.00. The summed E-state index contributed by atoms with van der Waals surface area (Å²) in [5.74, 6) is 0. The van der Waals surface area contributed by atoms with E-state index >= 15 is 0 Å². The molecule has 0 spiro atoms. The lowest BCUT2D eigenvalue weighted by Gasteiger charge is -2.00. The van der Waals surface area contributed by atoms with Gasteiger partial charge in [-0.1, -0.05) is 19.8 Å². The summed E-state index contributed by atoms with van der Waals surface area (Å²) < 4.78 is 4.49. The van der Waals surface area contributed by atoms with Gasteiger partial charge in [-0.2, -0.15) is 0 Å². The zero-order chi connectivity index (χ0) is 7.82. The summed E-state index contributed by atoms with van der Waals surface area (Å²) in [6.07, 6.45) is 2.20. The van der Waals surface area contributed by atoms with Gasteiger partial charge >= 0.3 is 6.09 Å². The van der Waals surface area contributed by atoms with Crippen LogP contribution in [0.2, 0.25) is 0 Å². The summed E-state index contributed by atoms with van der Waals surface area (Å²) in [7, 11) is 0. The van der Waals surface area contributed by atoms with Crippen molar-refractivity contribution in [2.75, 3.05) is 6.61 Å². The lowest BCUT2D eigenvalue weighted by Crippen LogP contribution is -2.20. The molecule has 0 fully saturated rings. The Hall–Kier alpha value is -0.770. The summed E-state index contributed by atoms with van der Waals surface area (Å²) in [4.78, 5) is 10.2. The Bertz CT molecular complexity index is 95.0. The molecule has 2 N–H and O–H groups in total. The number of ether oxygens (including phenoxy) is 1. The minimum absolute atomic E-state index is 0.375. The smallest absolute Gasteiger partial charge is 0.431 e. The van der Waals surface area contributed by atoms with E-state index in [4.69, 9.17) is 5.21 Å². The Labute approximate surface area is 60.1 Å². The van der Waals surface area contributed by atoms with Crippen molar-refractivity contribution in [2.24, 2.45) is 0 Å². The first-order chi connectivity index (χ1) is 4.81. The highest BCUT2D eigenvalue weighted by atomic mass is 16.6. The molecule has 0 bridgehead atoms. The second-order valence-electron chi connectivity index (χ2n) is 1.95. The van der Waals surface area contributed by atoms with Crippen molar-refractivity contribution >= 4 is 6.09 Å². The molecule has 0 unspecified atom stereocenters. The van der Waals surface area contributed by atoms with E-state index in [0.717, 1.165) is 19.3 Å². The van der Waals surface area contributed by atoms with Gasteiger partial charge < -0.3 is 4.74 Å². The van der Waals surface area contributed by atoms with Crippen LogP contribution in [0.15, 0.2) is 0 Å². The van der Waals surface area contributed by atoms with Crippen molar-refractivity contribution in [3.8, 4) is 0 Å². The molecular weight excluding hydrogens is 134 g/mol. The minimum atomic E-state index is -0.781. The second kappa shape index (κ2) is 6.35. The maximum absolute atomic E-state index is 10.2. The number of rotatable bonds is 4. The van der Waals surface area contributed by atoms with Crippen LogP contribution in [0.4, 0.5) is 4.79 Å². The summed E-state index contributed by atoms with van der Waals surface area (Å²) in [5.41, 5.74) is 1.38. The summed E-state index contributed by atoms with van der Waals surface area (Å²) >= 11 is 0. The first-order valence-electron chi connectivity index (χ1n) is 3.38. The van der Waals surface area contributed by atoms with E-state index in [2.05, 4.69) is 11.7 Å². The van der Waals surface area contributed by atoms with Crippen molar-refractivity contribution in [3.05, 3.63) is 0 Å². The lowest BCUT2D eigenvalue weighted by molar-refractivity contribution is 0.0879. The highest BCUT2D eigenvalue weighted by molar-refractivity contribution is 5.65. The third-order valence-corrected chi connectivity index (χ3v) is 1.07. The number of hydrogen-bond acceptors (Lipinski definition) is 3. The van der Waals surface area contributed by atoms with E-state index in [1.165, 1.54) is 5.48 Å². The zero-order valence-corrected chi connectivity index (χ0v) is 6.09. The Kier molecular flexibility index (Phi) is 5.86. The first-order valence-corrected chi connectivity index (χ1v) is 3.38. The van der Waals surface area contributed by atoms with Crippen LogP contribution >= 0.6 is 0 Å². The van der Waals surface area contributed by atoms with Gasteiger partial charge in [0.25, 0.3) is 0 Å². The highest BCUT2D eigenvalue weighted by Crippen LogP contribution is 1.93. The van der Waals surface area contributed by atoms with E-state index in [-0.39, 0.29) is 0 Å². The van der Waals surface area contributed by atoms with Crippen LogP contribution in [0.5, 0.6) is 0 Å². The van der Waals surface area contributed by atoms with Crippen LogP contribution in [0.25, 0.3) is 0 Å². The van der Waals surface area contributed by atoms with Crippen molar-refractivity contribution < 1.29 is 14.7 Å². The zero-order valence-electron chi connectivity index (χ0n) is 6.09. The second-order valence-corrected chi connectivity index (χ2v) is 1.95. The molecule has 4 heteroatoms. The van der Waals surface area contributed by atoms with Gasteiger partial charge in [-0.05, 0) is 6.42 Å². The van der Waals surface area contributed by atoms with Crippen molar-refractivity contribution in [2.45, 2.75) is 26.2 Å². The molecule has 0 aromatic carbocycles. The third kappa shape index (κ3) is 5.37. The lowest BCUT2D eigenvalue weighted by atomic mass is 10.3. The molecule has 0 aromatic rings. The molecule has 0 saturated carbocycles. The van der Waals surface area contributed by atoms with E-state index in [0.29, 0.717) is 6.61 Å². The largest absolute Gasteiger partial charge is 0.448 e. The molecule has 10 heavy (non-hydrogen) atoms. The number of carbonyl (C=O) groups is 1. The summed E-state index contributed by atoms with van der Waals surface area (Å²) in [6, 6.07) is 0. The molecule has 0 heterocycles. The number of carbonyl (C=O) groups excluding carboxylic acids is 1. The fourth-order valence-corrected chi connectivity index (χ4v) is 0.549. The molecular formula is C6H13NO3. The van der Waals surface area contributed by atoms with Crippen LogP contribution in [-0.2, 0) is 4.74 Å². The fourth-order valence-electron chi connectivity index (χ4n) is 0.549. The van der Waals surface area contributed by atoms with Crippen LogP contribution in [0.3, 0.4) is 0 Å². The van der Waals surface area contributed by atoms with Crippen LogP contribution in [-0.4, -0.2) is 17.9 Å². The third-order valence-electron chi connectivity index (χ3n) is 1.07. The van der Waals surface area contributed by atoms with Gasteiger partial charge in [0.05, 0.1) is 6.61 Å². The number of nitrogens with one attached hydrogen (secondary N) is 1. The van der Waals surface area contributed by atoms with Gasteiger partial charge in [-0.25, -0.2) is 10.3 Å². The molecule has 1 amide bonds. The number of hydroxylamine groups is 1. The number of amides is 1. The van der Waals surface area contributed by atoms with E-state index in [1.54, 1.807) is 0 Å². The highest BCUT2D eigenvalue weighted by Gasteiger charge is 1.95. The van der Waals surface area contributed by atoms with Gasteiger partial charge in [0.15, 0.2) is 0 Å². The predicted molar refractivity (Wildman–Crippen MR) is 35.8 cm³/mol. The quantitative estimate of drug-likeness (QED) is 0.358. The van der Waals surface area contributed by atoms with Crippen LogP contribution in [0, 0.1) is 0 Å². The Morgan fingerprint density at radius 2 is 2.30 bits per heavy atom.